The molecule has 2 rings (SSSR count). The minimum Gasteiger partial charge on any atom is -0.340 e. The number of sulfonamides is 1. The number of halogens is 1. The lowest BCUT2D eigenvalue weighted by molar-refractivity contribution is -0.123. The second-order valence-electron chi connectivity index (χ2n) is 6.76. The first-order chi connectivity index (χ1) is 15.1. The van der Waals surface area contributed by atoms with Crippen molar-refractivity contribution in [2.24, 2.45) is 0 Å². The molecule has 0 saturated heterocycles. The minimum atomic E-state index is -3.73. The van der Waals surface area contributed by atoms with Gasteiger partial charge in [-0.1, -0.05) is 31.5 Å². The fourth-order valence-electron chi connectivity index (χ4n) is 2.76. The van der Waals surface area contributed by atoms with Gasteiger partial charge in [0.1, 0.15) is 6.04 Å². The molecule has 32 heavy (non-hydrogen) atoms. The van der Waals surface area contributed by atoms with E-state index in [0.29, 0.717) is 23.7 Å². The topological polar surface area (TPSA) is 125 Å². The molecule has 0 spiro atoms. The molecule has 0 bridgehead atoms. The first-order valence-corrected chi connectivity index (χ1v) is 11.7. The van der Waals surface area contributed by atoms with Crippen molar-refractivity contribution < 1.29 is 22.8 Å². The molecule has 0 aliphatic carbocycles. The number of carbonyl (C=O) groups is 3. The van der Waals surface area contributed by atoms with Crippen LogP contribution in [-0.2, 0) is 14.8 Å². The highest BCUT2D eigenvalue weighted by Crippen LogP contribution is 2.17. The average Bonchev–Trinajstić information content (AvgIpc) is 2.78. The summed E-state index contributed by atoms with van der Waals surface area (Å²) in [6.45, 7) is 5.49. The molecule has 3 amide bonds. The van der Waals surface area contributed by atoms with Crippen LogP contribution in [0.15, 0.2) is 53.4 Å². The summed E-state index contributed by atoms with van der Waals surface area (Å²) < 4.78 is 26.6. The van der Waals surface area contributed by atoms with Crippen LogP contribution in [0.3, 0.4) is 0 Å². The maximum absolute atomic E-state index is 12.6. The zero-order chi connectivity index (χ0) is 23.9. The molecule has 0 fully saturated rings. The van der Waals surface area contributed by atoms with Gasteiger partial charge in [0.15, 0.2) is 0 Å². The van der Waals surface area contributed by atoms with Crippen molar-refractivity contribution in [1.29, 1.82) is 0 Å². The third-order valence-corrected chi connectivity index (χ3v) is 6.88. The van der Waals surface area contributed by atoms with E-state index in [9.17, 15) is 22.8 Å². The summed E-state index contributed by atoms with van der Waals surface area (Å²) >= 11 is 5.79. The number of benzene rings is 2. The first-order valence-electron chi connectivity index (χ1n) is 9.87. The van der Waals surface area contributed by atoms with Crippen molar-refractivity contribution in [3.8, 4) is 0 Å². The summed E-state index contributed by atoms with van der Waals surface area (Å²) in [5, 5.41) is 2.98. The van der Waals surface area contributed by atoms with Gasteiger partial charge in [-0.2, -0.15) is 4.31 Å². The number of hydrogen-bond acceptors (Lipinski definition) is 5. The van der Waals surface area contributed by atoms with Crippen LogP contribution in [0.1, 0.15) is 41.5 Å². The van der Waals surface area contributed by atoms with Crippen LogP contribution >= 0.6 is 11.6 Å². The maximum Gasteiger partial charge on any atom is 0.269 e. The van der Waals surface area contributed by atoms with Crippen LogP contribution in [-0.4, -0.2) is 49.6 Å². The molecule has 2 aromatic carbocycles. The molecule has 0 radical (unpaired) electrons. The zero-order valence-corrected chi connectivity index (χ0v) is 19.5. The van der Waals surface area contributed by atoms with Gasteiger partial charge in [-0.3, -0.25) is 25.2 Å². The van der Waals surface area contributed by atoms with Gasteiger partial charge >= 0.3 is 0 Å². The predicted molar refractivity (Wildman–Crippen MR) is 121 cm³/mol. The van der Waals surface area contributed by atoms with Gasteiger partial charge in [0, 0.05) is 29.2 Å². The maximum atomic E-state index is 12.6. The largest absolute Gasteiger partial charge is 0.340 e. The number of rotatable bonds is 8. The van der Waals surface area contributed by atoms with E-state index in [-0.39, 0.29) is 10.5 Å². The second kappa shape index (κ2) is 11.1. The molecule has 0 saturated carbocycles. The number of nitrogens with one attached hydrogen (secondary N) is 3. The average molecular weight is 481 g/mol. The van der Waals surface area contributed by atoms with Crippen LogP contribution in [0.5, 0.6) is 0 Å². The van der Waals surface area contributed by atoms with Gasteiger partial charge in [0.05, 0.1) is 4.90 Å². The third-order valence-electron chi connectivity index (χ3n) is 4.59. The molecule has 2 aromatic rings. The SMILES string of the molecule is CCN(CC)S(=O)(=O)c1cccc(C(=O)NNC(=O)C(C)NC(=O)c2ccc(Cl)cc2)c1. The van der Waals surface area contributed by atoms with Gasteiger partial charge < -0.3 is 5.32 Å². The highest BCUT2D eigenvalue weighted by molar-refractivity contribution is 7.89. The van der Waals surface area contributed by atoms with E-state index in [1.165, 1.54) is 47.6 Å². The molecular weight excluding hydrogens is 456 g/mol. The molecule has 0 heterocycles. The molecular formula is C21H25ClN4O5S. The van der Waals surface area contributed by atoms with Gasteiger partial charge in [-0.25, -0.2) is 8.42 Å². The lowest BCUT2D eigenvalue weighted by Crippen LogP contribution is -2.51. The predicted octanol–water partition coefficient (Wildman–Crippen LogP) is 1.95. The standard InChI is InChI=1S/C21H25ClN4O5S/c1-4-26(5-2)32(30,31)18-8-6-7-16(13-18)21(29)25-24-19(27)14(3)23-20(28)15-9-11-17(22)12-10-15/h6-14H,4-5H2,1-3H3,(H,23,28)(H,24,27)(H,25,29). The Morgan fingerprint density at radius 2 is 1.56 bits per heavy atom. The molecule has 3 N–H and O–H groups in total. The Kier molecular flexibility index (Phi) is 8.76. The molecule has 11 heteroatoms. The van der Waals surface area contributed by atoms with E-state index in [4.69, 9.17) is 11.6 Å². The Morgan fingerprint density at radius 1 is 0.938 bits per heavy atom. The van der Waals surface area contributed by atoms with E-state index in [0.717, 1.165) is 0 Å². The molecule has 9 nitrogen and oxygen atoms in total. The smallest absolute Gasteiger partial charge is 0.269 e. The van der Waals surface area contributed by atoms with Crippen molar-refractivity contribution in [2.75, 3.05) is 13.1 Å². The van der Waals surface area contributed by atoms with Gasteiger partial charge in [0.25, 0.3) is 17.7 Å². The van der Waals surface area contributed by atoms with Crippen LogP contribution < -0.4 is 16.2 Å². The number of amides is 3. The lowest BCUT2D eigenvalue weighted by Gasteiger charge is -2.19. The molecule has 1 atom stereocenters. The molecule has 1 unspecified atom stereocenters. The van der Waals surface area contributed by atoms with Crippen LogP contribution in [0.25, 0.3) is 0 Å². The second-order valence-corrected chi connectivity index (χ2v) is 9.14. The molecule has 172 valence electrons. The number of carbonyl (C=O) groups excluding carboxylic acids is 3. The Balaban J connectivity index is 1.99. The highest BCUT2D eigenvalue weighted by Gasteiger charge is 2.23. The highest BCUT2D eigenvalue weighted by atomic mass is 35.5. The Hall–Kier alpha value is -2.95. The normalized spacial score (nSPS) is 12.2. The summed E-state index contributed by atoms with van der Waals surface area (Å²) in [5.41, 5.74) is 4.81. The fraction of sp³-hybridized carbons (Fsp3) is 0.286. The Bertz CT molecular complexity index is 1090. The summed E-state index contributed by atoms with van der Waals surface area (Å²) in [5.74, 6) is -1.84. The lowest BCUT2D eigenvalue weighted by atomic mass is 10.2. The zero-order valence-electron chi connectivity index (χ0n) is 17.9. The van der Waals surface area contributed by atoms with Crippen molar-refractivity contribution in [3.63, 3.8) is 0 Å². The number of hydrazine groups is 1. The van der Waals surface area contributed by atoms with Crippen LogP contribution in [0.2, 0.25) is 5.02 Å². The summed E-state index contributed by atoms with van der Waals surface area (Å²) in [4.78, 5) is 36.8. The van der Waals surface area contributed by atoms with Gasteiger partial charge in [-0.05, 0) is 49.4 Å². The number of hydrogen-bond donors (Lipinski definition) is 3. The van der Waals surface area contributed by atoms with E-state index in [1.54, 1.807) is 26.0 Å². The Labute approximate surface area is 192 Å². The van der Waals surface area contributed by atoms with E-state index in [1.807, 2.05) is 0 Å². The van der Waals surface area contributed by atoms with Gasteiger partial charge in [-0.15, -0.1) is 0 Å². The Morgan fingerprint density at radius 3 is 2.16 bits per heavy atom. The van der Waals surface area contributed by atoms with E-state index in [2.05, 4.69) is 16.2 Å². The minimum absolute atomic E-state index is 0.0243. The van der Waals surface area contributed by atoms with Gasteiger partial charge in [0.2, 0.25) is 10.0 Å². The quantitative estimate of drug-likeness (QED) is 0.498. The van der Waals surface area contributed by atoms with E-state index < -0.39 is 33.8 Å². The van der Waals surface area contributed by atoms with Crippen LogP contribution in [0, 0.1) is 0 Å². The molecule has 0 aliphatic heterocycles. The third kappa shape index (κ3) is 6.28. The van der Waals surface area contributed by atoms with Crippen molar-refractivity contribution >= 4 is 39.3 Å². The monoisotopic (exact) mass is 480 g/mol. The van der Waals surface area contributed by atoms with E-state index >= 15 is 0 Å². The van der Waals surface area contributed by atoms with Crippen molar-refractivity contribution in [1.82, 2.24) is 20.5 Å². The summed E-state index contributed by atoms with van der Waals surface area (Å²) in [6, 6.07) is 10.7. The molecule has 0 aliphatic rings. The van der Waals surface area contributed by atoms with Crippen molar-refractivity contribution in [3.05, 3.63) is 64.7 Å². The summed E-state index contributed by atoms with van der Waals surface area (Å²) in [6.07, 6.45) is 0. The van der Waals surface area contributed by atoms with Crippen LogP contribution in [0.4, 0.5) is 0 Å². The summed E-state index contributed by atoms with van der Waals surface area (Å²) in [7, 11) is -3.73. The fourth-order valence-corrected chi connectivity index (χ4v) is 4.39. The molecule has 0 aromatic heterocycles. The number of nitrogens with zero attached hydrogens (tertiary/aromatic N) is 1. The first kappa shape index (κ1) is 25.3. The van der Waals surface area contributed by atoms with Crippen molar-refractivity contribution in [2.45, 2.75) is 31.7 Å².